The number of nitrogens with two attached hydrogens (primary N) is 1. The Labute approximate surface area is 116 Å². The van der Waals surface area contributed by atoms with Gasteiger partial charge in [-0.2, -0.15) is 0 Å². The summed E-state index contributed by atoms with van der Waals surface area (Å²) in [5.41, 5.74) is 6.21. The predicted octanol–water partition coefficient (Wildman–Crippen LogP) is 3.87. The molecule has 1 saturated carbocycles. The van der Waals surface area contributed by atoms with Crippen molar-refractivity contribution >= 4 is 5.82 Å². The van der Waals surface area contributed by atoms with Crippen molar-refractivity contribution in [3.63, 3.8) is 0 Å². The zero-order chi connectivity index (χ0) is 14.4. The summed E-state index contributed by atoms with van der Waals surface area (Å²) in [6.45, 7) is 4.00. The number of rotatable bonds is 3. The minimum atomic E-state index is -0.632. The quantitative estimate of drug-likeness (QED) is 0.925. The molecule has 106 valence electrons. The van der Waals surface area contributed by atoms with Crippen LogP contribution in [0.1, 0.15) is 44.5 Å². The lowest BCUT2D eigenvalue weighted by molar-refractivity contribution is 0.589. The molecule has 5 heteroatoms. The summed E-state index contributed by atoms with van der Waals surface area (Å²) in [6.07, 6.45) is 2.08. The molecule has 2 aromatic rings. The summed E-state index contributed by atoms with van der Waals surface area (Å²) in [4.78, 5) is 4.42. The second-order valence-corrected chi connectivity index (χ2v) is 5.56. The van der Waals surface area contributed by atoms with Crippen LogP contribution < -0.4 is 5.73 Å². The number of imidazole rings is 1. The van der Waals surface area contributed by atoms with Gasteiger partial charge in [-0.3, -0.25) is 0 Å². The Hall–Kier alpha value is -1.91. The highest BCUT2D eigenvalue weighted by Gasteiger charge is 2.32. The Morgan fingerprint density at radius 1 is 1.25 bits per heavy atom. The molecule has 2 N–H and O–H groups in total. The molecule has 0 aliphatic heterocycles. The van der Waals surface area contributed by atoms with E-state index in [1.54, 1.807) is 0 Å². The minimum absolute atomic E-state index is 0.133. The lowest BCUT2D eigenvalue weighted by Crippen LogP contribution is -2.06. The standard InChI is InChI=1S/C15H17F2N3/c1-8(2)15-19-13(14(18)20(15)9-6-7-9)12-10(16)4-3-5-11(12)17/h3-5,8-9H,6-7,18H2,1-2H3. The van der Waals surface area contributed by atoms with Crippen LogP contribution in [-0.2, 0) is 0 Å². The van der Waals surface area contributed by atoms with E-state index in [9.17, 15) is 8.78 Å². The molecule has 0 radical (unpaired) electrons. The second kappa shape index (κ2) is 4.58. The van der Waals surface area contributed by atoms with Gasteiger partial charge in [0.05, 0.1) is 5.56 Å². The van der Waals surface area contributed by atoms with E-state index >= 15 is 0 Å². The van der Waals surface area contributed by atoms with E-state index in [1.807, 2.05) is 18.4 Å². The third-order valence-corrected chi connectivity index (χ3v) is 3.60. The van der Waals surface area contributed by atoms with Gasteiger partial charge in [0.1, 0.15) is 29.0 Å². The molecule has 0 bridgehead atoms. The molecular formula is C15H17F2N3. The van der Waals surface area contributed by atoms with Crippen LogP contribution >= 0.6 is 0 Å². The van der Waals surface area contributed by atoms with Gasteiger partial charge in [0.15, 0.2) is 0 Å². The smallest absolute Gasteiger partial charge is 0.135 e. The first-order chi connectivity index (χ1) is 9.50. The van der Waals surface area contributed by atoms with Gasteiger partial charge in [-0.25, -0.2) is 13.8 Å². The van der Waals surface area contributed by atoms with E-state index in [-0.39, 0.29) is 17.2 Å². The van der Waals surface area contributed by atoms with Crippen LogP contribution in [0.2, 0.25) is 0 Å². The number of hydrogen-bond donors (Lipinski definition) is 1. The zero-order valence-corrected chi connectivity index (χ0v) is 11.5. The van der Waals surface area contributed by atoms with Crippen molar-refractivity contribution in [2.45, 2.75) is 38.6 Å². The summed E-state index contributed by atoms with van der Waals surface area (Å²) in [5, 5.41) is 0. The van der Waals surface area contributed by atoms with Crippen LogP contribution in [0, 0.1) is 11.6 Å². The molecule has 0 amide bonds. The number of aromatic nitrogens is 2. The van der Waals surface area contributed by atoms with Gasteiger partial charge in [0, 0.05) is 12.0 Å². The highest BCUT2D eigenvalue weighted by atomic mass is 19.1. The van der Waals surface area contributed by atoms with E-state index < -0.39 is 11.6 Å². The van der Waals surface area contributed by atoms with E-state index in [0.717, 1.165) is 18.7 Å². The number of anilines is 1. The third kappa shape index (κ3) is 1.97. The van der Waals surface area contributed by atoms with Crippen molar-refractivity contribution in [2.24, 2.45) is 0 Å². The Kier molecular flexibility index (Phi) is 3.00. The minimum Gasteiger partial charge on any atom is -0.383 e. The van der Waals surface area contributed by atoms with Crippen LogP contribution in [-0.4, -0.2) is 9.55 Å². The zero-order valence-electron chi connectivity index (χ0n) is 11.5. The first-order valence-corrected chi connectivity index (χ1v) is 6.82. The summed E-state index contributed by atoms with van der Waals surface area (Å²) in [5.74, 6) is 0.0456. The van der Waals surface area contributed by atoms with Crippen molar-refractivity contribution in [3.8, 4) is 11.3 Å². The fraction of sp³-hybridized carbons (Fsp3) is 0.400. The normalized spacial score (nSPS) is 15.1. The summed E-state index contributed by atoms with van der Waals surface area (Å²) >= 11 is 0. The molecule has 1 heterocycles. The number of nitrogens with zero attached hydrogens (tertiary/aromatic N) is 2. The maximum Gasteiger partial charge on any atom is 0.135 e. The molecule has 1 aromatic carbocycles. The van der Waals surface area contributed by atoms with E-state index in [4.69, 9.17) is 5.73 Å². The average molecular weight is 277 g/mol. The first-order valence-electron chi connectivity index (χ1n) is 6.82. The fourth-order valence-electron chi connectivity index (χ4n) is 2.49. The van der Waals surface area contributed by atoms with Crippen LogP contribution in [0.25, 0.3) is 11.3 Å². The van der Waals surface area contributed by atoms with Crippen molar-refractivity contribution in [3.05, 3.63) is 35.7 Å². The van der Waals surface area contributed by atoms with Gasteiger partial charge >= 0.3 is 0 Å². The van der Waals surface area contributed by atoms with Crippen molar-refractivity contribution < 1.29 is 8.78 Å². The molecule has 1 aliphatic carbocycles. The average Bonchev–Trinajstić information content (AvgIpc) is 3.15. The highest BCUT2D eigenvalue weighted by molar-refractivity contribution is 5.72. The summed E-state index contributed by atoms with van der Waals surface area (Å²) in [6, 6.07) is 4.11. The maximum atomic E-state index is 13.9. The first kappa shape index (κ1) is 13.1. The molecule has 20 heavy (non-hydrogen) atoms. The van der Waals surface area contributed by atoms with E-state index in [0.29, 0.717) is 11.9 Å². The van der Waals surface area contributed by atoms with Crippen LogP contribution in [0.5, 0.6) is 0 Å². The Balaban J connectivity index is 2.22. The Bertz CT molecular complexity index is 637. The topological polar surface area (TPSA) is 43.8 Å². The molecule has 1 fully saturated rings. The molecule has 3 nitrogen and oxygen atoms in total. The molecule has 1 aromatic heterocycles. The van der Waals surface area contributed by atoms with Crippen molar-refractivity contribution in [1.82, 2.24) is 9.55 Å². The lowest BCUT2D eigenvalue weighted by atomic mass is 10.1. The lowest BCUT2D eigenvalue weighted by Gasteiger charge is -2.10. The molecule has 0 unspecified atom stereocenters. The summed E-state index contributed by atoms with van der Waals surface area (Å²) < 4.78 is 29.8. The van der Waals surface area contributed by atoms with Crippen LogP contribution in [0.15, 0.2) is 18.2 Å². The van der Waals surface area contributed by atoms with Gasteiger partial charge in [-0.15, -0.1) is 0 Å². The molecule has 1 aliphatic rings. The molecule has 3 rings (SSSR count). The maximum absolute atomic E-state index is 13.9. The van der Waals surface area contributed by atoms with E-state index in [1.165, 1.54) is 18.2 Å². The number of benzene rings is 1. The SMILES string of the molecule is CC(C)c1nc(-c2c(F)cccc2F)c(N)n1C1CC1. The third-order valence-electron chi connectivity index (χ3n) is 3.60. The van der Waals surface area contributed by atoms with Crippen LogP contribution in [0.3, 0.4) is 0 Å². The number of nitrogen functional groups attached to an aromatic ring is 1. The van der Waals surface area contributed by atoms with Crippen molar-refractivity contribution in [1.29, 1.82) is 0 Å². The van der Waals surface area contributed by atoms with Crippen molar-refractivity contribution in [2.75, 3.05) is 5.73 Å². The summed E-state index contributed by atoms with van der Waals surface area (Å²) in [7, 11) is 0. The molecular weight excluding hydrogens is 260 g/mol. The van der Waals surface area contributed by atoms with Gasteiger partial charge in [0.2, 0.25) is 0 Å². The van der Waals surface area contributed by atoms with Gasteiger partial charge in [0.25, 0.3) is 0 Å². The number of hydrogen-bond acceptors (Lipinski definition) is 2. The monoisotopic (exact) mass is 277 g/mol. The highest BCUT2D eigenvalue weighted by Crippen LogP contribution is 2.43. The Morgan fingerprint density at radius 2 is 1.85 bits per heavy atom. The van der Waals surface area contributed by atoms with Crippen LogP contribution in [0.4, 0.5) is 14.6 Å². The largest absolute Gasteiger partial charge is 0.383 e. The fourth-order valence-corrected chi connectivity index (χ4v) is 2.49. The molecule has 0 saturated heterocycles. The van der Waals surface area contributed by atoms with Gasteiger partial charge in [-0.1, -0.05) is 19.9 Å². The van der Waals surface area contributed by atoms with Gasteiger partial charge in [-0.05, 0) is 25.0 Å². The molecule has 0 spiro atoms. The molecule has 0 atom stereocenters. The number of halogens is 2. The Morgan fingerprint density at radius 3 is 2.35 bits per heavy atom. The predicted molar refractivity (Wildman–Crippen MR) is 74.4 cm³/mol. The van der Waals surface area contributed by atoms with Gasteiger partial charge < -0.3 is 10.3 Å². The van der Waals surface area contributed by atoms with E-state index in [2.05, 4.69) is 4.98 Å². The second-order valence-electron chi connectivity index (χ2n) is 5.56.